The molecule has 2 N–H and O–H groups in total. The maximum Gasteiger partial charge on any atom is 0.237 e. The molecule has 0 aromatic carbocycles. The highest BCUT2D eigenvalue weighted by atomic mass is 16.2. The molecule has 1 amide bonds. The normalized spacial score (nSPS) is 20.2. The van der Waals surface area contributed by atoms with Crippen molar-refractivity contribution in [3.8, 4) is 0 Å². The Balaban J connectivity index is 1.83. The van der Waals surface area contributed by atoms with E-state index in [0.717, 1.165) is 38.2 Å². The Hall–Kier alpha value is -1.43. The van der Waals surface area contributed by atoms with Gasteiger partial charge < -0.3 is 15.2 Å². The number of aryl methyl sites for hydroxylation is 1. The van der Waals surface area contributed by atoms with Crippen LogP contribution in [0.15, 0.2) is 6.33 Å². The first-order valence-corrected chi connectivity index (χ1v) is 6.19. The third kappa shape index (κ3) is 3.03. The molecule has 0 spiro atoms. The fraction of sp³-hybridized carbons (Fsp3) is 0.727. The molecular weight excluding hydrogens is 218 g/mol. The smallest absolute Gasteiger partial charge is 0.237 e. The van der Waals surface area contributed by atoms with E-state index >= 15 is 0 Å². The molecule has 1 aliphatic rings. The minimum absolute atomic E-state index is 0.0400. The van der Waals surface area contributed by atoms with Crippen molar-refractivity contribution >= 4 is 5.91 Å². The van der Waals surface area contributed by atoms with Gasteiger partial charge in [0, 0.05) is 6.54 Å². The van der Waals surface area contributed by atoms with E-state index in [-0.39, 0.29) is 11.9 Å². The van der Waals surface area contributed by atoms with Crippen LogP contribution in [0.3, 0.4) is 0 Å². The van der Waals surface area contributed by atoms with Gasteiger partial charge in [-0.2, -0.15) is 0 Å². The topological polar surface area (TPSA) is 71.8 Å². The Kier molecular flexibility index (Phi) is 4.08. The first kappa shape index (κ1) is 12.0. The number of carbonyl (C=O) groups excluding carboxylic acids is 1. The lowest BCUT2D eigenvalue weighted by molar-refractivity contribution is -0.123. The average Bonchev–Trinajstić information content (AvgIpc) is 2.84. The summed E-state index contributed by atoms with van der Waals surface area (Å²) < 4.78 is 1.93. The maximum atomic E-state index is 11.9. The zero-order valence-corrected chi connectivity index (χ0v) is 10.1. The first-order valence-electron chi connectivity index (χ1n) is 6.19. The summed E-state index contributed by atoms with van der Waals surface area (Å²) in [5.74, 6) is 0.868. The molecule has 6 heteroatoms. The summed E-state index contributed by atoms with van der Waals surface area (Å²) in [4.78, 5) is 11.9. The molecule has 1 atom stereocenters. The van der Waals surface area contributed by atoms with Crippen molar-refractivity contribution in [3.63, 3.8) is 0 Å². The van der Waals surface area contributed by atoms with Crippen LogP contribution in [-0.2, 0) is 17.9 Å². The maximum absolute atomic E-state index is 11.9. The van der Waals surface area contributed by atoms with E-state index in [4.69, 9.17) is 0 Å². The minimum Gasteiger partial charge on any atom is -0.347 e. The van der Waals surface area contributed by atoms with Crippen molar-refractivity contribution < 1.29 is 4.79 Å². The van der Waals surface area contributed by atoms with Crippen LogP contribution in [0.4, 0.5) is 0 Å². The number of amides is 1. The van der Waals surface area contributed by atoms with Crippen LogP contribution in [-0.4, -0.2) is 33.3 Å². The minimum atomic E-state index is -0.0400. The summed E-state index contributed by atoms with van der Waals surface area (Å²) in [6.07, 6.45) is 4.89. The average molecular weight is 237 g/mol. The lowest BCUT2D eigenvalue weighted by Gasteiger charge is -2.22. The number of hydrogen-bond donors (Lipinski definition) is 2. The molecule has 0 radical (unpaired) electrons. The van der Waals surface area contributed by atoms with E-state index < -0.39 is 0 Å². The molecule has 0 bridgehead atoms. The number of nitrogens with zero attached hydrogens (tertiary/aromatic N) is 3. The van der Waals surface area contributed by atoms with Crippen LogP contribution in [0, 0.1) is 0 Å². The molecule has 1 aliphatic heterocycles. The number of piperidine rings is 1. The van der Waals surface area contributed by atoms with Gasteiger partial charge in [-0.3, -0.25) is 4.79 Å². The van der Waals surface area contributed by atoms with Crippen LogP contribution < -0.4 is 10.6 Å². The molecule has 1 fully saturated rings. The van der Waals surface area contributed by atoms with Gasteiger partial charge in [0.1, 0.15) is 6.33 Å². The van der Waals surface area contributed by atoms with Gasteiger partial charge in [-0.1, -0.05) is 6.42 Å². The van der Waals surface area contributed by atoms with Gasteiger partial charge in [0.2, 0.25) is 5.91 Å². The molecule has 1 aromatic heterocycles. The van der Waals surface area contributed by atoms with Crippen LogP contribution in [0.25, 0.3) is 0 Å². The molecule has 2 rings (SSSR count). The van der Waals surface area contributed by atoms with Gasteiger partial charge in [0.05, 0.1) is 12.6 Å². The van der Waals surface area contributed by atoms with Gasteiger partial charge in [-0.25, -0.2) is 0 Å². The predicted octanol–water partition coefficient (Wildman–Crippen LogP) is 0.0563. The SMILES string of the molecule is CCn1cnnc1CNC(=O)[C@H]1CCCCN1. The molecule has 94 valence electrons. The summed E-state index contributed by atoms with van der Waals surface area (Å²) >= 11 is 0. The molecule has 17 heavy (non-hydrogen) atoms. The van der Waals surface area contributed by atoms with Crippen molar-refractivity contribution in [2.24, 2.45) is 0 Å². The molecule has 0 saturated carbocycles. The Morgan fingerprint density at radius 1 is 1.65 bits per heavy atom. The van der Waals surface area contributed by atoms with Gasteiger partial charge >= 0.3 is 0 Å². The Labute approximate surface area is 101 Å². The van der Waals surface area contributed by atoms with Gasteiger partial charge in [-0.15, -0.1) is 10.2 Å². The first-order chi connectivity index (χ1) is 8.31. The summed E-state index contributed by atoms with van der Waals surface area (Å²) in [5, 5.41) is 13.9. The van der Waals surface area contributed by atoms with Crippen molar-refractivity contribution in [2.75, 3.05) is 6.54 Å². The quantitative estimate of drug-likeness (QED) is 0.776. The van der Waals surface area contributed by atoms with Crippen molar-refractivity contribution in [1.82, 2.24) is 25.4 Å². The van der Waals surface area contributed by atoms with E-state index in [1.165, 1.54) is 0 Å². The highest BCUT2D eigenvalue weighted by Crippen LogP contribution is 2.07. The summed E-state index contributed by atoms with van der Waals surface area (Å²) in [6.45, 7) is 4.23. The van der Waals surface area contributed by atoms with Crippen molar-refractivity contribution in [3.05, 3.63) is 12.2 Å². The number of rotatable bonds is 4. The fourth-order valence-corrected chi connectivity index (χ4v) is 2.04. The number of carbonyl (C=O) groups is 1. The molecule has 1 aromatic rings. The standard InChI is InChI=1S/C11H19N5O/c1-2-16-8-14-15-10(16)7-13-11(17)9-5-3-4-6-12-9/h8-9,12H,2-7H2,1H3,(H,13,17)/t9-/m1/s1. The molecule has 2 heterocycles. The van der Waals surface area contributed by atoms with Crippen LogP contribution in [0.1, 0.15) is 32.0 Å². The fourth-order valence-electron chi connectivity index (χ4n) is 2.04. The molecule has 0 unspecified atom stereocenters. The van der Waals surface area contributed by atoms with E-state index in [0.29, 0.717) is 6.54 Å². The second kappa shape index (κ2) is 5.77. The zero-order chi connectivity index (χ0) is 12.1. The number of nitrogens with one attached hydrogen (secondary N) is 2. The third-order valence-electron chi connectivity index (χ3n) is 3.08. The van der Waals surface area contributed by atoms with Gasteiger partial charge in [0.25, 0.3) is 0 Å². The van der Waals surface area contributed by atoms with Crippen LogP contribution in [0.5, 0.6) is 0 Å². The molecule has 1 saturated heterocycles. The van der Waals surface area contributed by atoms with Crippen molar-refractivity contribution in [2.45, 2.75) is 45.3 Å². The summed E-state index contributed by atoms with van der Waals surface area (Å²) in [7, 11) is 0. The number of hydrogen-bond acceptors (Lipinski definition) is 4. The molecule has 6 nitrogen and oxygen atoms in total. The van der Waals surface area contributed by atoms with Crippen LogP contribution >= 0.6 is 0 Å². The van der Waals surface area contributed by atoms with Gasteiger partial charge in [-0.05, 0) is 26.3 Å². The Bertz CT molecular complexity index is 370. The third-order valence-corrected chi connectivity index (χ3v) is 3.08. The lowest BCUT2D eigenvalue weighted by Crippen LogP contribution is -2.46. The van der Waals surface area contributed by atoms with Crippen molar-refractivity contribution in [1.29, 1.82) is 0 Å². The Morgan fingerprint density at radius 2 is 2.53 bits per heavy atom. The second-order valence-electron chi connectivity index (χ2n) is 4.25. The largest absolute Gasteiger partial charge is 0.347 e. The summed E-state index contributed by atoms with van der Waals surface area (Å²) in [5.41, 5.74) is 0. The second-order valence-corrected chi connectivity index (χ2v) is 4.25. The van der Waals surface area contributed by atoms with Crippen LogP contribution in [0.2, 0.25) is 0 Å². The van der Waals surface area contributed by atoms with Gasteiger partial charge in [0.15, 0.2) is 5.82 Å². The predicted molar refractivity (Wildman–Crippen MR) is 63.2 cm³/mol. The molecular formula is C11H19N5O. The highest BCUT2D eigenvalue weighted by molar-refractivity contribution is 5.81. The zero-order valence-electron chi connectivity index (χ0n) is 10.1. The summed E-state index contributed by atoms with van der Waals surface area (Å²) in [6, 6.07) is -0.0400. The highest BCUT2D eigenvalue weighted by Gasteiger charge is 2.20. The monoisotopic (exact) mass is 237 g/mol. The van der Waals surface area contributed by atoms with E-state index in [1.54, 1.807) is 6.33 Å². The lowest BCUT2D eigenvalue weighted by atomic mass is 10.0. The number of aromatic nitrogens is 3. The molecule has 0 aliphatic carbocycles. The van der Waals surface area contributed by atoms with E-state index in [2.05, 4.69) is 20.8 Å². The van der Waals surface area contributed by atoms with E-state index in [1.807, 2.05) is 11.5 Å². The van der Waals surface area contributed by atoms with E-state index in [9.17, 15) is 4.79 Å². The Morgan fingerprint density at radius 3 is 3.24 bits per heavy atom.